The monoisotopic (exact) mass is 363 g/mol. The highest BCUT2D eigenvalue weighted by Crippen LogP contribution is 2.26. The molecule has 0 spiro atoms. The molecule has 0 aromatic heterocycles. The van der Waals surface area contributed by atoms with E-state index in [9.17, 15) is 4.79 Å². The molecule has 2 amide bonds. The number of urea groups is 1. The van der Waals surface area contributed by atoms with Gasteiger partial charge in [0.05, 0.1) is 6.10 Å². The Morgan fingerprint density at radius 2 is 1.57 bits per heavy atom. The Kier molecular flexibility index (Phi) is 13.5. The standard InChI is InChI=1S/C16H33N3O2S2/c1-6-9-12-22-19(23-13-10-7-2)16(20)18(11-8-3)15(17)21-14(4)5/h14,17H,6-13H2,1-5H3. The molecule has 0 aromatic rings. The molecule has 0 aromatic carbocycles. The molecule has 5 nitrogen and oxygen atoms in total. The summed E-state index contributed by atoms with van der Waals surface area (Å²) in [6.45, 7) is 10.5. The molecule has 0 rings (SSSR count). The Balaban J connectivity index is 4.87. The zero-order valence-corrected chi connectivity index (χ0v) is 16.9. The number of amidine groups is 1. The molecule has 23 heavy (non-hydrogen) atoms. The first kappa shape index (κ1) is 22.4. The molecule has 0 saturated carbocycles. The van der Waals surface area contributed by atoms with Crippen LogP contribution in [0.5, 0.6) is 0 Å². The molecule has 136 valence electrons. The second kappa shape index (κ2) is 13.8. The number of carbonyl (C=O) groups is 1. The van der Waals surface area contributed by atoms with Crippen LogP contribution in [0.25, 0.3) is 0 Å². The zero-order valence-electron chi connectivity index (χ0n) is 15.3. The van der Waals surface area contributed by atoms with Gasteiger partial charge >= 0.3 is 6.03 Å². The van der Waals surface area contributed by atoms with E-state index in [4.69, 9.17) is 10.1 Å². The lowest BCUT2D eigenvalue weighted by Gasteiger charge is -2.29. The summed E-state index contributed by atoms with van der Waals surface area (Å²) in [4.78, 5) is 14.3. The largest absolute Gasteiger partial charge is 0.462 e. The van der Waals surface area contributed by atoms with Gasteiger partial charge in [-0.2, -0.15) is 0 Å². The third-order valence-corrected chi connectivity index (χ3v) is 5.20. The summed E-state index contributed by atoms with van der Waals surface area (Å²) >= 11 is 3.10. The van der Waals surface area contributed by atoms with Crippen LogP contribution >= 0.6 is 23.9 Å². The highest BCUT2D eigenvalue weighted by atomic mass is 32.2. The van der Waals surface area contributed by atoms with Crippen LogP contribution in [-0.4, -0.2) is 44.8 Å². The molecule has 0 unspecified atom stereocenters. The van der Waals surface area contributed by atoms with Gasteiger partial charge in [-0.25, -0.2) is 13.4 Å². The Labute approximate surface area is 150 Å². The summed E-state index contributed by atoms with van der Waals surface area (Å²) in [6.07, 6.45) is 5.07. The number of hydrogen-bond donors (Lipinski definition) is 1. The summed E-state index contributed by atoms with van der Waals surface area (Å²) in [5.41, 5.74) is 0. The average Bonchev–Trinajstić information content (AvgIpc) is 2.50. The van der Waals surface area contributed by atoms with Crippen molar-refractivity contribution in [3.8, 4) is 0 Å². The fourth-order valence-electron chi connectivity index (χ4n) is 1.62. The number of carbonyl (C=O) groups excluding carboxylic acids is 1. The molecular weight excluding hydrogens is 330 g/mol. The number of hydrogen-bond acceptors (Lipinski definition) is 5. The molecular formula is C16H33N3O2S2. The van der Waals surface area contributed by atoms with Crippen LogP contribution < -0.4 is 0 Å². The van der Waals surface area contributed by atoms with E-state index < -0.39 is 0 Å². The lowest BCUT2D eigenvalue weighted by atomic mass is 10.4. The second-order valence-corrected chi connectivity index (χ2v) is 7.83. The minimum absolute atomic E-state index is 0.0518. The van der Waals surface area contributed by atoms with Crippen LogP contribution in [0, 0.1) is 5.41 Å². The van der Waals surface area contributed by atoms with Crippen molar-refractivity contribution in [2.75, 3.05) is 18.1 Å². The zero-order chi connectivity index (χ0) is 17.7. The maximum Gasteiger partial charge on any atom is 0.348 e. The van der Waals surface area contributed by atoms with E-state index in [-0.39, 0.29) is 18.2 Å². The van der Waals surface area contributed by atoms with E-state index in [0.717, 1.165) is 43.6 Å². The highest BCUT2D eigenvalue weighted by Gasteiger charge is 2.26. The first-order valence-corrected chi connectivity index (χ1v) is 10.5. The fraction of sp³-hybridized carbons (Fsp3) is 0.875. The van der Waals surface area contributed by atoms with Gasteiger partial charge in [0.15, 0.2) is 0 Å². The first-order valence-electron chi connectivity index (χ1n) is 8.60. The van der Waals surface area contributed by atoms with Crippen LogP contribution in [-0.2, 0) is 4.74 Å². The fourth-order valence-corrected chi connectivity index (χ4v) is 3.95. The van der Waals surface area contributed by atoms with E-state index in [1.165, 1.54) is 4.90 Å². The van der Waals surface area contributed by atoms with Gasteiger partial charge in [-0.1, -0.05) is 33.6 Å². The maximum absolute atomic E-state index is 12.8. The molecule has 0 aliphatic rings. The molecule has 1 N–H and O–H groups in total. The van der Waals surface area contributed by atoms with Crippen molar-refractivity contribution >= 4 is 35.9 Å². The Bertz CT molecular complexity index is 331. The van der Waals surface area contributed by atoms with Gasteiger partial charge in [0.1, 0.15) is 0 Å². The van der Waals surface area contributed by atoms with E-state index in [1.807, 2.05) is 20.8 Å². The van der Waals surface area contributed by atoms with E-state index >= 15 is 0 Å². The van der Waals surface area contributed by atoms with Gasteiger partial charge in [0.2, 0.25) is 0 Å². The summed E-state index contributed by atoms with van der Waals surface area (Å²) in [6, 6.07) is -0.205. The van der Waals surface area contributed by atoms with Gasteiger partial charge in [0, 0.05) is 18.1 Å². The summed E-state index contributed by atoms with van der Waals surface area (Å²) in [7, 11) is 0. The Morgan fingerprint density at radius 3 is 1.96 bits per heavy atom. The van der Waals surface area contributed by atoms with Crippen molar-refractivity contribution in [1.82, 2.24) is 8.61 Å². The first-order chi connectivity index (χ1) is 11.0. The normalized spacial score (nSPS) is 10.7. The van der Waals surface area contributed by atoms with Gasteiger partial charge in [-0.15, -0.1) is 0 Å². The number of unbranched alkanes of at least 4 members (excludes halogenated alkanes) is 2. The highest BCUT2D eigenvalue weighted by molar-refractivity contribution is 8.12. The maximum atomic E-state index is 12.8. The minimum Gasteiger partial charge on any atom is -0.462 e. The van der Waals surface area contributed by atoms with Gasteiger partial charge in [0.25, 0.3) is 6.02 Å². The minimum atomic E-state index is -0.153. The Hall–Kier alpha value is -0.560. The molecule has 0 bridgehead atoms. The lowest BCUT2D eigenvalue weighted by Crippen LogP contribution is -2.43. The third-order valence-electron chi connectivity index (χ3n) is 2.84. The molecule has 7 heteroatoms. The lowest BCUT2D eigenvalue weighted by molar-refractivity contribution is 0.168. The molecule has 0 radical (unpaired) electrons. The molecule has 0 heterocycles. The Morgan fingerprint density at radius 1 is 1.04 bits per heavy atom. The van der Waals surface area contributed by atoms with Crippen LogP contribution in [0.2, 0.25) is 0 Å². The number of rotatable bonds is 11. The van der Waals surface area contributed by atoms with E-state index in [1.54, 1.807) is 27.6 Å². The van der Waals surface area contributed by atoms with Crippen LogP contribution in [0.15, 0.2) is 0 Å². The number of amides is 2. The third kappa shape index (κ3) is 10.0. The molecule has 0 aliphatic carbocycles. The molecule has 0 fully saturated rings. The van der Waals surface area contributed by atoms with Crippen LogP contribution in [0.3, 0.4) is 0 Å². The quantitative estimate of drug-likeness (QED) is 0.232. The van der Waals surface area contributed by atoms with Crippen LogP contribution in [0.1, 0.15) is 66.7 Å². The topological polar surface area (TPSA) is 56.6 Å². The second-order valence-electron chi connectivity index (χ2n) is 5.54. The van der Waals surface area contributed by atoms with Crippen molar-refractivity contribution in [3.63, 3.8) is 0 Å². The van der Waals surface area contributed by atoms with Gasteiger partial charge in [-0.05, 0) is 57.0 Å². The van der Waals surface area contributed by atoms with Crippen molar-refractivity contribution in [1.29, 1.82) is 5.41 Å². The summed E-state index contributed by atoms with van der Waals surface area (Å²) in [5, 5.41) is 8.07. The predicted molar refractivity (Wildman–Crippen MR) is 103 cm³/mol. The smallest absolute Gasteiger partial charge is 0.348 e. The van der Waals surface area contributed by atoms with Crippen molar-refractivity contribution in [2.45, 2.75) is 72.8 Å². The van der Waals surface area contributed by atoms with Crippen molar-refractivity contribution < 1.29 is 9.53 Å². The van der Waals surface area contributed by atoms with Crippen molar-refractivity contribution in [2.24, 2.45) is 0 Å². The van der Waals surface area contributed by atoms with E-state index in [2.05, 4.69) is 13.8 Å². The number of nitrogens with one attached hydrogen (secondary N) is 1. The van der Waals surface area contributed by atoms with Crippen molar-refractivity contribution in [3.05, 3.63) is 0 Å². The molecule has 0 atom stereocenters. The summed E-state index contributed by atoms with van der Waals surface area (Å²) < 4.78 is 7.17. The van der Waals surface area contributed by atoms with Crippen LogP contribution in [0.4, 0.5) is 4.79 Å². The summed E-state index contributed by atoms with van der Waals surface area (Å²) in [5.74, 6) is 1.83. The average molecular weight is 364 g/mol. The molecule has 0 saturated heterocycles. The SMILES string of the molecule is CCCCSN(SCCCC)C(=O)N(CCC)C(=N)OC(C)C. The van der Waals surface area contributed by atoms with Gasteiger partial charge < -0.3 is 4.74 Å². The number of nitrogens with zero attached hydrogens (tertiary/aromatic N) is 2. The van der Waals surface area contributed by atoms with Gasteiger partial charge in [-0.3, -0.25) is 5.41 Å². The van der Waals surface area contributed by atoms with E-state index in [0.29, 0.717) is 6.54 Å². The predicted octanol–water partition coefficient (Wildman–Crippen LogP) is 5.38. The number of ether oxygens (including phenoxy) is 1. The molecule has 0 aliphatic heterocycles.